The van der Waals surface area contributed by atoms with Gasteiger partial charge in [-0.3, -0.25) is 23.9 Å². The minimum Gasteiger partial charge on any atom is -0.481 e. The van der Waals surface area contributed by atoms with Gasteiger partial charge in [-0.05, 0) is 151 Å². The number of amides is 1. The number of aliphatic imine (C=N–C) groups is 1. The standard InChI is InChI=1S/2C21H21ClFN5O2.C20H19ClFN5O2.C19H19ClFN3OS.C2H6N2O2/c2*1-29-11-18-25-26-20(28(18)15-4-6-19(30-2)24-9-15)27-10-13-8-21(13,12-27)16-5-3-14(23)7-17(16)22;1-29-18-5-3-14(8-23-18)27-17(10-28)24-25-19(27)26-9-12-7-20(12,11-26)15-4-2-13(22)6-16(15)21;1-25-17-6-4-14(9-22-17)23-18(26-2)24-10-12-8-19(12,11-24)15-5-3-13(21)7-16(15)20;3-4-2(6)1-5/h2*3-7,9,13H,8,10-12H2,1-2H3;2-6,8,12,28H,7,9-11H2,1H3;3-7,9,12H,8,10-11H2,1-2H3;5H,1,3H2,(H,4,6)/t2*13-,21-;12-,20-;12-,19-;/m0000./s1/i2*1D3;;;. The largest absolute Gasteiger partial charge is 0.481 e. The fourth-order valence-corrected chi connectivity index (χ4v) is 19.4. The van der Waals surface area contributed by atoms with Gasteiger partial charge in [0.2, 0.25) is 41.4 Å². The Bertz CT molecular complexity index is 5660. The van der Waals surface area contributed by atoms with E-state index in [1.54, 1.807) is 124 Å². The lowest BCUT2D eigenvalue weighted by Gasteiger charge is -2.24. The lowest BCUT2D eigenvalue weighted by Crippen LogP contribution is -2.32. The van der Waals surface area contributed by atoms with Gasteiger partial charge >= 0.3 is 0 Å². The molecule has 4 saturated carbocycles. The Morgan fingerprint density at radius 1 is 0.496 bits per heavy atom. The summed E-state index contributed by atoms with van der Waals surface area (Å²) in [7, 11) is 1.08. The monoisotopic (exact) mass is 1760 g/mol. The number of hydrogen-bond donors (Lipinski definition) is 4. The van der Waals surface area contributed by atoms with Crippen molar-refractivity contribution < 1.29 is 69.2 Å². The number of benzene rings is 4. The Kier molecular flexibility index (Phi) is 23.1. The van der Waals surface area contributed by atoms with E-state index in [0.717, 1.165) is 97.2 Å². The lowest BCUT2D eigenvalue weighted by molar-refractivity contribution is -0.123. The molecule has 11 aromatic rings. The molecule has 4 aromatic carbocycles. The summed E-state index contributed by atoms with van der Waals surface area (Å²) in [6.45, 7) is 4.70. The Morgan fingerprint density at radius 3 is 1.12 bits per heavy atom. The fourth-order valence-electron chi connectivity index (χ4n) is 17.4. The predicted molar refractivity (Wildman–Crippen MR) is 448 cm³/mol. The molecule has 11 heterocycles. The van der Waals surface area contributed by atoms with E-state index in [1.165, 1.54) is 62.8 Å². The number of aliphatic hydroxyl groups excluding tert-OH is 2. The van der Waals surface area contributed by atoms with Crippen LogP contribution in [0.15, 0.2) is 151 Å². The van der Waals surface area contributed by atoms with Gasteiger partial charge in [0, 0.05) is 132 Å². The Morgan fingerprint density at radius 2 is 0.835 bits per heavy atom. The summed E-state index contributed by atoms with van der Waals surface area (Å²) in [5.74, 6) is 9.07. The van der Waals surface area contributed by atoms with Crippen molar-refractivity contribution in [1.29, 1.82) is 0 Å². The summed E-state index contributed by atoms with van der Waals surface area (Å²) in [6, 6.07) is 32.7. The third-order valence-electron chi connectivity index (χ3n) is 23.5. The van der Waals surface area contributed by atoms with Crippen molar-refractivity contribution in [2.45, 2.75) is 67.2 Å². The van der Waals surface area contributed by atoms with Crippen LogP contribution >= 0.6 is 58.2 Å². The van der Waals surface area contributed by atoms with Gasteiger partial charge in [-0.15, -0.1) is 30.6 Å². The average molecular weight is 1760 g/mol. The number of likely N-dealkylation sites (tertiary alicyclic amines) is 1. The number of thioether (sulfide) groups is 1. The average Bonchev–Trinajstić information content (AvgIpc) is 1.50. The van der Waals surface area contributed by atoms with E-state index in [0.29, 0.717) is 134 Å². The van der Waals surface area contributed by atoms with Gasteiger partial charge in [-0.2, -0.15) is 0 Å². The number of hydrogen-bond acceptors (Lipinski definition) is 25. The van der Waals surface area contributed by atoms with Crippen LogP contribution in [0.5, 0.6) is 23.5 Å². The van der Waals surface area contributed by atoms with Crippen LogP contribution in [0.2, 0.25) is 20.1 Å². The van der Waals surface area contributed by atoms with E-state index in [9.17, 15) is 27.5 Å². The highest BCUT2D eigenvalue weighted by Crippen LogP contribution is 2.64. The van der Waals surface area contributed by atoms with Crippen LogP contribution in [0, 0.1) is 46.9 Å². The highest BCUT2D eigenvalue weighted by molar-refractivity contribution is 8.13. The van der Waals surface area contributed by atoms with Crippen molar-refractivity contribution in [1.82, 2.24) is 74.6 Å². The molecule has 0 bridgehead atoms. The summed E-state index contributed by atoms with van der Waals surface area (Å²) < 4.78 is 134. The van der Waals surface area contributed by atoms with Crippen LogP contribution < -0.4 is 44.9 Å². The molecular formula is C83H86Cl4F4N20O9S. The number of nitrogens with zero attached hydrogens (tertiary/aromatic N) is 18. The first-order valence-corrected chi connectivity index (χ1v) is 40.8. The molecule has 5 N–H and O–H groups in total. The first-order valence-electron chi connectivity index (χ1n) is 41.1. The number of hydrazine groups is 1. The maximum atomic E-state index is 13.6. The highest BCUT2D eigenvalue weighted by atomic mass is 35.5. The van der Waals surface area contributed by atoms with E-state index in [2.05, 4.69) is 76.0 Å². The summed E-state index contributed by atoms with van der Waals surface area (Å²) in [4.78, 5) is 40.0. The number of aromatic nitrogens is 13. The van der Waals surface area contributed by atoms with E-state index in [1.807, 2.05) is 24.5 Å². The van der Waals surface area contributed by atoms with Gasteiger partial charge in [0.15, 0.2) is 22.6 Å². The molecule has 121 heavy (non-hydrogen) atoms. The molecule has 0 radical (unpaired) electrons. The molecule has 19 rings (SSSR count). The molecule has 4 aliphatic heterocycles. The fraction of sp³-hybridized carbons (Fsp3) is 0.373. The van der Waals surface area contributed by atoms with Crippen LogP contribution in [0.25, 0.3) is 17.1 Å². The maximum absolute atomic E-state index is 13.6. The van der Waals surface area contributed by atoms with Crippen molar-refractivity contribution in [3.63, 3.8) is 0 Å². The number of aliphatic hydroxyl groups is 2. The molecular weight excluding hydrogens is 1670 g/mol. The molecule has 8 fully saturated rings. The smallest absolute Gasteiger partial charge is 0.259 e. The first kappa shape index (κ1) is 77.8. The molecule has 0 spiro atoms. The lowest BCUT2D eigenvalue weighted by atomic mass is 9.95. The highest BCUT2D eigenvalue weighted by Gasteiger charge is 2.65. The summed E-state index contributed by atoms with van der Waals surface area (Å²) in [5, 5.41) is 46.0. The van der Waals surface area contributed by atoms with Crippen molar-refractivity contribution >= 4 is 92.8 Å². The van der Waals surface area contributed by atoms with Crippen molar-refractivity contribution in [3.8, 4) is 40.6 Å². The Hall–Kier alpha value is -10.5. The number of nitrogens with one attached hydrogen (secondary N) is 1. The third-order valence-corrected chi connectivity index (χ3v) is 25.4. The second-order valence-electron chi connectivity index (χ2n) is 30.3. The molecule has 8 aliphatic rings. The zero-order chi connectivity index (χ0) is 90.2. The van der Waals surface area contributed by atoms with Crippen molar-refractivity contribution in [2.24, 2.45) is 34.5 Å². The summed E-state index contributed by atoms with van der Waals surface area (Å²) in [6.07, 6.45) is 12.6. The molecule has 7 aromatic heterocycles. The predicted octanol–water partition coefficient (Wildman–Crippen LogP) is 12.0. The molecule has 8 atom stereocenters. The number of amidine groups is 1. The number of ether oxygens (including phenoxy) is 6. The van der Waals surface area contributed by atoms with Gasteiger partial charge in [-0.1, -0.05) is 82.4 Å². The zero-order valence-corrected chi connectivity index (χ0v) is 69.6. The maximum Gasteiger partial charge on any atom is 0.259 e. The number of piperidine rings is 4. The molecule has 4 aliphatic carbocycles. The molecule has 1 amide bonds. The Labute approximate surface area is 726 Å². The SMILES string of the molecule is COc1ccc(-n2c(CO)nnc2N2C[C@@H]3C[C@]3(c3ccc(F)cc3Cl)C2)cn1.COc1ccc(N=C(SC)N2C[C@@H]3C[C@]3(c3ccc(F)cc3Cl)C2)cn1.NNC(=O)CO.[2H]C([2H])([2H])OCc1nnc(N2C[C@@H]3C[C@]3(c3ccc(F)cc3Cl)C2)n1-c1ccc(OC)nc1.[2H]C([2H])([2H])OCc1nnc(N2C[C@@H]3C[C@]3(c3ccc(F)cc3Cl)C2)n1-c1ccc(OC)nc1. The molecule has 0 unspecified atom stereocenters. The van der Waals surface area contributed by atoms with Crippen molar-refractivity contribution in [2.75, 3.05) is 122 Å². The van der Waals surface area contributed by atoms with Crippen LogP contribution in [0.3, 0.4) is 0 Å². The number of carbonyl (C=O) groups excluding carboxylic acids is 1. The minimum absolute atomic E-state index is 0.0272. The number of halogens is 8. The topological polar surface area (TPSA) is 320 Å². The number of fused-ring (bicyclic) bond motifs is 4. The minimum atomic E-state index is -2.56. The second kappa shape index (κ2) is 35.9. The number of anilines is 3. The number of pyridine rings is 4. The van der Waals surface area contributed by atoms with Crippen LogP contribution in [-0.2, 0) is 55.7 Å². The second-order valence-corrected chi connectivity index (χ2v) is 32.7. The third kappa shape index (κ3) is 17.3. The quantitative estimate of drug-likeness (QED) is 0.0130. The van der Waals surface area contributed by atoms with Gasteiger partial charge in [0.1, 0.15) is 49.7 Å². The molecule has 4 saturated heterocycles. The van der Waals surface area contributed by atoms with E-state index < -0.39 is 26.6 Å². The van der Waals surface area contributed by atoms with Crippen LogP contribution in [-0.4, -0.2) is 198 Å². The van der Waals surface area contributed by atoms with E-state index in [4.69, 9.17) is 93.1 Å². The normalized spacial score (nSPS) is 23.1. The van der Waals surface area contributed by atoms with Crippen LogP contribution in [0.1, 0.15) is 73.6 Å². The Balaban J connectivity index is 0.000000128. The van der Waals surface area contributed by atoms with E-state index >= 15 is 0 Å². The molecule has 29 nitrogen and oxygen atoms in total. The summed E-state index contributed by atoms with van der Waals surface area (Å²) >= 11 is 27.1. The number of nitrogens with two attached hydrogens (primary N) is 1. The number of carbonyl (C=O) groups is 1. The van der Waals surface area contributed by atoms with Crippen LogP contribution in [0.4, 0.5) is 41.1 Å². The van der Waals surface area contributed by atoms with Gasteiger partial charge < -0.3 is 58.2 Å². The summed E-state index contributed by atoms with van der Waals surface area (Å²) in [5.41, 5.74) is 8.04. The number of methoxy groups -OCH3 is 6. The zero-order valence-electron chi connectivity index (χ0n) is 71.8. The van der Waals surface area contributed by atoms with E-state index in [-0.39, 0.29) is 64.7 Å². The molecule has 38 heteroatoms. The first-order chi connectivity index (χ1) is 60.8. The molecule has 634 valence electrons. The van der Waals surface area contributed by atoms with Gasteiger partial charge in [0.05, 0.1) is 84.2 Å². The van der Waals surface area contributed by atoms with Gasteiger partial charge in [-0.25, -0.2) is 48.3 Å². The number of rotatable bonds is 21. The van der Waals surface area contributed by atoms with Crippen molar-refractivity contribution in [3.05, 3.63) is 229 Å². The van der Waals surface area contributed by atoms with Gasteiger partial charge in [0.25, 0.3) is 5.91 Å².